The van der Waals surface area contributed by atoms with Gasteiger partial charge in [0.1, 0.15) is 0 Å². The first-order chi connectivity index (χ1) is 8.40. The van der Waals surface area contributed by atoms with Gasteiger partial charge in [-0.25, -0.2) is 0 Å². The van der Waals surface area contributed by atoms with Gasteiger partial charge in [-0.1, -0.05) is 19.3 Å². The molecule has 0 amide bonds. The maximum atomic E-state index is 5.75. The van der Waals surface area contributed by atoms with Crippen molar-refractivity contribution in [3.05, 3.63) is 0 Å². The number of rotatable bonds is 6. The molecule has 2 aliphatic rings. The van der Waals surface area contributed by atoms with Crippen molar-refractivity contribution in [3.8, 4) is 0 Å². The zero-order chi connectivity index (χ0) is 11.9. The Bertz CT molecular complexity index is 198. The number of hydrogen-bond acceptors (Lipinski definition) is 3. The molecule has 2 N–H and O–H groups in total. The molecular weight excluding hydrogens is 212 g/mol. The average Bonchev–Trinajstić information content (AvgIpc) is 2.88. The second kappa shape index (κ2) is 7.34. The second-order valence-corrected chi connectivity index (χ2v) is 5.54. The molecule has 0 radical (unpaired) electrons. The minimum Gasteiger partial charge on any atom is -0.378 e. The molecule has 1 unspecified atom stereocenters. The fourth-order valence-corrected chi connectivity index (χ4v) is 3.27. The Hall–Kier alpha value is -0.120. The quantitative estimate of drug-likeness (QED) is 0.773. The molecule has 0 aromatic rings. The Labute approximate surface area is 106 Å². The summed E-state index contributed by atoms with van der Waals surface area (Å²) in [5.41, 5.74) is 5.75. The van der Waals surface area contributed by atoms with Gasteiger partial charge in [-0.2, -0.15) is 0 Å². The second-order valence-electron chi connectivity index (χ2n) is 5.54. The van der Waals surface area contributed by atoms with Crippen LogP contribution in [0.2, 0.25) is 0 Å². The third-order valence-corrected chi connectivity index (χ3v) is 4.27. The molecule has 3 heteroatoms. The minimum atomic E-state index is 0.527. The predicted octanol–water partition coefficient (Wildman–Crippen LogP) is 2.15. The number of nitrogens with zero attached hydrogens (tertiary/aromatic N) is 1. The molecule has 0 aromatic carbocycles. The van der Waals surface area contributed by atoms with Gasteiger partial charge in [0.15, 0.2) is 0 Å². The van der Waals surface area contributed by atoms with E-state index in [-0.39, 0.29) is 0 Å². The zero-order valence-electron chi connectivity index (χ0n) is 11.1. The fraction of sp³-hybridized carbons (Fsp3) is 1.00. The normalized spacial score (nSPS) is 26.8. The van der Waals surface area contributed by atoms with Crippen molar-refractivity contribution in [1.29, 1.82) is 0 Å². The third-order valence-electron chi connectivity index (χ3n) is 4.27. The van der Waals surface area contributed by atoms with Crippen LogP contribution in [0.3, 0.4) is 0 Å². The molecule has 1 saturated heterocycles. The monoisotopic (exact) mass is 240 g/mol. The van der Waals surface area contributed by atoms with Gasteiger partial charge >= 0.3 is 0 Å². The molecule has 1 aliphatic heterocycles. The molecule has 17 heavy (non-hydrogen) atoms. The zero-order valence-corrected chi connectivity index (χ0v) is 11.1. The molecule has 1 heterocycles. The number of hydrogen-bond donors (Lipinski definition) is 1. The van der Waals surface area contributed by atoms with E-state index in [2.05, 4.69) is 4.90 Å². The largest absolute Gasteiger partial charge is 0.378 e. The van der Waals surface area contributed by atoms with Gasteiger partial charge in [-0.3, -0.25) is 4.90 Å². The van der Waals surface area contributed by atoms with Crippen LogP contribution in [0.5, 0.6) is 0 Å². The lowest BCUT2D eigenvalue weighted by Gasteiger charge is -2.34. The molecule has 1 aliphatic carbocycles. The highest BCUT2D eigenvalue weighted by Crippen LogP contribution is 2.23. The molecule has 0 aromatic heterocycles. The van der Waals surface area contributed by atoms with Crippen LogP contribution in [0.25, 0.3) is 0 Å². The molecule has 0 bridgehead atoms. The van der Waals surface area contributed by atoms with Crippen molar-refractivity contribution in [2.45, 2.75) is 63.5 Å². The van der Waals surface area contributed by atoms with E-state index in [1.807, 2.05) is 0 Å². The Balaban J connectivity index is 1.74. The summed E-state index contributed by atoms with van der Waals surface area (Å²) in [5, 5.41) is 0. The van der Waals surface area contributed by atoms with Crippen LogP contribution in [-0.4, -0.2) is 43.3 Å². The van der Waals surface area contributed by atoms with Crippen LogP contribution in [-0.2, 0) is 4.74 Å². The molecule has 1 saturated carbocycles. The lowest BCUT2D eigenvalue weighted by atomic mass is 9.94. The molecule has 3 nitrogen and oxygen atoms in total. The van der Waals surface area contributed by atoms with Crippen molar-refractivity contribution in [3.63, 3.8) is 0 Å². The highest BCUT2D eigenvalue weighted by atomic mass is 16.5. The van der Waals surface area contributed by atoms with Gasteiger partial charge in [0.2, 0.25) is 0 Å². The van der Waals surface area contributed by atoms with E-state index in [0.29, 0.717) is 6.10 Å². The topological polar surface area (TPSA) is 38.5 Å². The summed E-state index contributed by atoms with van der Waals surface area (Å²) < 4.78 is 5.71. The van der Waals surface area contributed by atoms with E-state index < -0.39 is 0 Å². The Morgan fingerprint density at radius 2 is 1.82 bits per heavy atom. The van der Waals surface area contributed by atoms with Gasteiger partial charge in [-0.15, -0.1) is 0 Å². The summed E-state index contributed by atoms with van der Waals surface area (Å²) >= 11 is 0. The average molecular weight is 240 g/mol. The SMILES string of the molecule is NCCN(CCC1CCCO1)C1CCCCC1. The van der Waals surface area contributed by atoms with Crippen LogP contribution in [0.1, 0.15) is 51.4 Å². The summed E-state index contributed by atoms with van der Waals surface area (Å²) in [6.07, 6.45) is 11.3. The van der Waals surface area contributed by atoms with E-state index in [9.17, 15) is 0 Å². The van der Waals surface area contributed by atoms with Gasteiger partial charge in [0.25, 0.3) is 0 Å². The summed E-state index contributed by atoms with van der Waals surface area (Å²) in [7, 11) is 0. The lowest BCUT2D eigenvalue weighted by molar-refractivity contribution is 0.0791. The van der Waals surface area contributed by atoms with Crippen molar-refractivity contribution >= 4 is 0 Å². The standard InChI is InChI=1S/C14H28N2O/c15-9-11-16(13-5-2-1-3-6-13)10-8-14-7-4-12-17-14/h13-14H,1-12,15H2. The van der Waals surface area contributed by atoms with Gasteiger partial charge in [0.05, 0.1) is 6.10 Å². The fourth-order valence-electron chi connectivity index (χ4n) is 3.27. The first-order valence-electron chi connectivity index (χ1n) is 7.46. The Morgan fingerprint density at radius 1 is 1.00 bits per heavy atom. The predicted molar refractivity (Wildman–Crippen MR) is 71.1 cm³/mol. The van der Waals surface area contributed by atoms with Crippen molar-refractivity contribution < 1.29 is 4.74 Å². The van der Waals surface area contributed by atoms with E-state index in [0.717, 1.165) is 25.7 Å². The van der Waals surface area contributed by atoms with Crippen LogP contribution >= 0.6 is 0 Å². The molecule has 2 rings (SSSR count). The smallest absolute Gasteiger partial charge is 0.0588 e. The highest BCUT2D eigenvalue weighted by molar-refractivity contribution is 4.77. The van der Waals surface area contributed by atoms with Crippen LogP contribution in [0, 0.1) is 0 Å². The van der Waals surface area contributed by atoms with Crippen LogP contribution in [0.15, 0.2) is 0 Å². The Morgan fingerprint density at radius 3 is 2.47 bits per heavy atom. The van der Waals surface area contributed by atoms with E-state index in [1.54, 1.807) is 0 Å². The van der Waals surface area contributed by atoms with Gasteiger partial charge < -0.3 is 10.5 Å². The van der Waals surface area contributed by atoms with Crippen LogP contribution in [0.4, 0.5) is 0 Å². The number of nitrogens with two attached hydrogens (primary N) is 1. The lowest BCUT2D eigenvalue weighted by Crippen LogP contribution is -2.41. The van der Waals surface area contributed by atoms with Crippen molar-refractivity contribution in [2.24, 2.45) is 5.73 Å². The maximum Gasteiger partial charge on any atom is 0.0588 e. The van der Waals surface area contributed by atoms with Crippen molar-refractivity contribution in [1.82, 2.24) is 4.90 Å². The molecule has 0 spiro atoms. The molecule has 100 valence electrons. The van der Waals surface area contributed by atoms with Gasteiger partial charge in [0, 0.05) is 32.3 Å². The molecular formula is C14H28N2O. The highest BCUT2D eigenvalue weighted by Gasteiger charge is 2.22. The van der Waals surface area contributed by atoms with E-state index in [1.165, 1.54) is 57.9 Å². The summed E-state index contributed by atoms with van der Waals surface area (Å²) in [6.45, 7) is 4.02. The van der Waals surface area contributed by atoms with Crippen LogP contribution < -0.4 is 5.73 Å². The minimum absolute atomic E-state index is 0.527. The van der Waals surface area contributed by atoms with Crippen molar-refractivity contribution in [2.75, 3.05) is 26.2 Å². The Kier molecular flexibility index (Phi) is 5.75. The van der Waals surface area contributed by atoms with Gasteiger partial charge in [-0.05, 0) is 32.1 Å². The molecule has 1 atom stereocenters. The number of ether oxygens (including phenoxy) is 1. The third kappa shape index (κ3) is 4.23. The van der Waals surface area contributed by atoms with E-state index >= 15 is 0 Å². The summed E-state index contributed by atoms with van der Waals surface area (Å²) in [5.74, 6) is 0. The summed E-state index contributed by atoms with van der Waals surface area (Å²) in [6, 6.07) is 0.800. The molecule has 2 fully saturated rings. The summed E-state index contributed by atoms with van der Waals surface area (Å²) in [4.78, 5) is 2.63. The first-order valence-corrected chi connectivity index (χ1v) is 7.46. The first kappa shape index (κ1) is 13.3. The maximum absolute atomic E-state index is 5.75. The van der Waals surface area contributed by atoms with E-state index in [4.69, 9.17) is 10.5 Å².